The molecule has 8 nitrogen and oxygen atoms in total. The van der Waals surface area contributed by atoms with Crippen LogP contribution in [0.25, 0.3) is 0 Å². The van der Waals surface area contributed by atoms with Gasteiger partial charge in [0, 0.05) is 38.4 Å². The molecule has 3 N–H and O–H groups in total. The van der Waals surface area contributed by atoms with Crippen LogP contribution in [0.15, 0.2) is 24.3 Å². The van der Waals surface area contributed by atoms with E-state index in [1.54, 1.807) is 31.4 Å². The minimum atomic E-state index is -0.284. The van der Waals surface area contributed by atoms with Gasteiger partial charge in [0.05, 0.1) is 13.2 Å². The summed E-state index contributed by atoms with van der Waals surface area (Å²) in [4.78, 5) is 34.4. The molecule has 1 aromatic rings. The van der Waals surface area contributed by atoms with E-state index in [0.717, 1.165) is 0 Å². The number of hydrogen-bond acceptors (Lipinski definition) is 5. The third kappa shape index (κ3) is 8.25. The van der Waals surface area contributed by atoms with Crippen molar-refractivity contribution in [3.05, 3.63) is 29.8 Å². The van der Waals surface area contributed by atoms with Crippen molar-refractivity contribution in [2.75, 3.05) is 45.3 Å². The molecular weight excluding hydrogens is 314 g/mol. The van der Waals surface area contributed by atoms with Crippen molar-refractivity contribution in [3.63, 3.8) is 0 Å². The summed E-state index contributed by atoms with van der Waals surface area (Å²) in [5.74, 6) is -0.746. The van der Waals surface area contributed by atoms with Gasteiger partial charge < -0.3 is 25.4 Å². The number of hydrogen-bond donors (Lipinski definition) is 3. The van der Waals surface area contributed by atoms with Crippen LogP contribution in [0, 0.1) is 0 Å². The Morgan fingerprint density at radius 2 is 1.83 bits per heavy atom. The molecule has 0 spiro atoms. The topological polar surface area (TPSA) is 106 Å². The second-order valence-electron chi connectivity index (χ2n) is 4.91. The fourth-order valence-corrected chi connectivity index (χ4v) is 1.78. The maximum atomic E-state index is 12.0. The standard InChI is InChI=1S/C16H23N3O5/c1-12(20)19-14-5-3-4-13(10-14)16(22)18-7-6-17-15(21)11-24-9-8-23-2/h3-5,10H,6-9,11H2,1-2H3,(H,17,21)(H,18,22)(H,19,20). The van der Waals surface area contributed by atoms with E-state index < -0.39 is 0 Å². The zero-order valence-corrected chi connectivity index (χ0v) is 13.9. The van der Waals surface area contributed by atoms with Crippen LogP contribution in [0.2, 0.25) is 0 Å². The van der Waals surface area contributed by atoms with E-state index in [2.05, 4.69) is 16.0 Å². The molecule has 3 amide bonds. The molecule has 0 heterocycles. The first kappa shape index (κ1) is 19.6. The first-order chi connectivity index (χ1) is 11.5. The SMILES string of the molecule is COCCOCC(=O)NCCNC(=O)c1cccc(NC(C)=O)c1. The number of methoxy groups -OCH3 is 1. The molecule has 0 fully saturated rings. The van der Waals surface area contributed by atoms with E-state index in [9.17, 15) is 14.4 Å². The smallest absolute Gasteiger partial charge is 0.251 e. The molecule has 0 aliphatic heterocycles. The largest absolute Gasteiger partial charge is 0.382 e. The predicted octanol–water partition coefficient (Wildman–Crippen LogP) is 0.154. The fraction of sp³-hybridized carbons (Fsp3) is 0.438. The van der Waals surface area contributed by atoms with Crippen molar-refractivity contribution in [1.82, 2.24) is 10.6 Å². The van der Waals surface area contributed by atoms with Gasteiger partial charge in [0.1, 0.15) is 6.61 Å². The van der Waals surface area contributed by atoms with Gasteiger partial charge in [0.2, 0.25) is 11.8 Å². The molecule has 0 bridgehead atoms. The third-order valence-corrected chi connectivity index (χ3v) is 2.84. The van der Waals surface area contributed by atoms with E-state index in [1.807, 2.05) is 0 Å². The normalized spacial score (nSPS) is 10.1. The Hall–Kier alpha value is -2.45. The van der Waals surface area contributed by atoms with Crippen molar-refractivity contribution in [2.45, 2.75) is 6.92 Å². The summed E-state index contributed by atoms with van der Waals surface area (Å²) >= 11 is 0. The summed E-state index contributed by atoms with van der Waals surface area (Å²) in [6.07, 6.45) is 0. The zero-order valence-electron chi connectivity index (χ0n) is 13.9. The average Bonchev–Trinajstić information content (AvgIpc) is 2.55. The zero-order chi connectivity index (χ0) is 17.8. The quantitative estimate of drug-likeness (QED) is 0.527. The van der Waals surface area contributed by atoms with Gasteiger partial charge in [-0.3, -0.25) is 14.4 Å². The molecule has 132 valence electrons. The van der Waals surface area contributed by atoms with E-state index in [1.165, 1.54) is 6.92 Å². The Kier molecular flexibility index (Phi) is 9.10. The van der Waals surface area contributed by atoms with Gasteiger partial charge in [-0.1, -0.05) is 6.07 Å². The number of ether oxygens (including phenoxy) is 2. The lowest BCUT2D eigenvalue weighted by Gasteiger charge is -2.09. The molecule has 1 rings (SSSR count). The van der Waals surface area contributed by atoms with E-state index in [4.69, 9.17) is 9.47 Å². The monoisotopic (exact) mass is 337 g/mol. The molecule has 1 aromatic carbocycles. The molecule has 0 aliphatic rings. The van der Waals surface area contributed by atoms with Crippen LogP contribution in [-0.4, -0.2) is 57.7 Å². The molecule has 0 aromatic heterocycles. The lowest BCUT2D eigenvalue weighted by molar-refractivity contribution is -0.126. The Morgan fingerprint density at radius 1 is 1.08 bits per heavy atom. The number of rotatable bonds is 10. The molecule has 0 saturated carbocycles. The first-order valence-electron chi connectivity index (χ1n) is 7.52. The highest BCUT2D eigenvalue weighted by molar-refractivity contribution is 5.96. The number of amides is 3. The molecular formula is C16H23N3O5. The van der Waals surface area contributed by atoms with Crippen LogP contribution >= 0.6 is 0 Å². The van der Waals surface area contributed by atoms with Gasteiger partial charge in [-0.2, -0.15) is 0 Å². The molecule has 24 heavy (non-hydrogen) atoms. The lowest BCUT2D eigenvalue weighted by Crippen LogP contribution is -2.36. The van der Waals surface area contributed by atoms with Crippen molar-refractivity contribution in [1.29, 1.82) is 0 Å². The second kappa shape index (κ2) is 11.1. The van der Waals surface area contributed by atoms with Crippen molar-refractivity contribution in [2.24, 2.45) is 0 Å². The number of benzene rings is 1. The highest BCUT2D eigenvalue weighted by atomic mass is 16.5. The summed E-state index contributed by atoms with van der Waals surface area (Å²) in [5.41, 5.74) is 0.979. The summed E-state index contributed by atoms with van der Waals surface area (Å²) < 4.78 is 9.86. The Labute approximate surface area is 140 Å². The molecule has 0 aliphatic carbocycles. The van der Waals surface area contributed by atoms with Crippen molar-refractivity contribution < 1.29 is 23.9 Å². The van der Waals surface area contributed by atoms with Crippen LogP contribution in [-0.2, 0) is 19.1 Å². The fourth-order valence-electron chi connectivity index (χ4n) is 1.78. The summed E-state index contributed by atoms with van der Waals surface area (Å²) in [7, 11) is 1.55. The van der Waals surface area contributed by atoms with Gasteiger partial charge in [0.25, 0.3) is 5.91 Å². The number of anilines is 1. The Bertz CT molecular complexity index is 562. The second-order valence-corrected chi connectivity index (χ2v) is 4.91. The third-order valence-electron chi connectivity index (χ3n) is 2.84. The minimum absolute atomic E-state index is 0.0456. The van der Waals surface area contributed by atoms with Crippen molar-refractivity contribution >= 4 is 23.4 Å². The maximum Gasteiger partial charge on any atom is 0.251 e. The molecule has 0 radical (unpaired) electrons. The van der Waals surface area contributed by atoms with Crippen LogP contribution in [0.5, 0.6) is 0 Å². The van der Waals surface area contributed by atoms with E-state index >= 15 is 0 Å². The molecule has 8 heteroatoms. The maximum absolute atomic E-state index is 12.0. The number of carbonyl (C=O) groups excluding carboxylic acids is 3. The molecule has 0 atom stereocenters. The predicted molar refractivity (Wildman–Crippen MR) is 88.8 cm³/mol. The highest BCUT2D eigenvalue weighted by Gasteiger charge is 2.07. The highest BCUT2D eigenvalue weighted by Crippen LogP contribution is 2.10. The van der Waals surface area contributed by atoms with Crippen LogP contribution in [0.1, 0.15) is 17.3 Å². The molecule has 0 saturated heterocycles. The van der Waals surface area contributed by atoms with Gasteiger partial charge in [-0.25, -0.2) is 0 Å². The van der Waals surface area contributed by atoms with Gasteiger partial charge in [0.15, 0.2) is 0 Å². The Morgan fingerprint density at radius 3 is 2.54 bits per heavy atom. The summed E-state index contributed by atoms with van der Waals surface area (Å²) in [6.45, 7) is 2.72. The first-order valence-corrected chi connectivity index (χ1v) is 7.52. The van der Waals surface area contributed by atoms with Gasteiger partial charge in [-0.15, -0.1) is 0 Å². The van der Waals surface area contributed by atoms with Crippen LogP contribution in [0.3, 0.4) is 0 Å². The summed E-state index contributed by atoms with van der Waals surface area (Å²) in [6, 6.07) is 6.60. The van der Waals surface area contributed by atoms with Crippen LogP contribution in [0.4, 0.5) is 5.69 Å². The number of nitrogens with one attached hydrogen (secondary N) is 3. The van der Waals surface area contributed by atoms with E-state index in [-0.39, 0.29) is 30.9 Å². The lowest BCUT2D eigenvalue weighted by atomic mass is 10.2. The van der Waals surface area contributed by atoms with Crippen molar-refractivity contribution in [3.8, 4) is 0 Å². The van der Waals surface area contributed by atoms with Gasteiger partial charge in [-0.05, 0) is 18.2 Å². The molecule has 0 unspecified atom stereocenters. The summed E-state index contributed by atoms with van der Waals surface area (Å²) in [5, 5.41) is 7.92. The number of carbonyl (C=O) groups is 3. The van der Waals surface area contributed by atoms with Crippen LogP contribution < -0.4 is 16.0 Å². The average molecular weight is 337 g/mol. The van der Waals surface area contributed by atoms with Gasteiger partial charge >= 0.3 is 0 Å². The van der Waals surface area contributed by atoms with E-state index in [0.29, 0.717) is 31.0 Å². The Balaban J connectivity index is 2.26. The minimum Gasteiger partial charge on any atom is -0.382 e.